The van der Waals surface area contributed by atoms with Gasteiger partial charge in [-0.25, -0.2) is 0 Å². The molecule has 87 valence electrons. The lowest BCUT2D eigenvalue weighted by atomic mass is 10.2. The summed E-state index contributed by atoms with van der Waals surface area (Å²) in [5, 5.41) is 4.32. The summed E-state index contributed by atoms with van der Waals surface area (Å²) in [5.74, 6) is 0. The Bertz CT molecular complexity index is 548. The van der Waals surface area contributed by atoms with Gasteiger partial charge in [0, 0.05) is 16.8 Å². The number of thiophene rings is 1. The first-order valence-electron chi connectivity index (χ1n) is 5.81. The molecule has 2 heteroatoms. The maximum absolute atomic E-state index is 3.15. The van der Waals surface area contributed by atoms with E-state index in [1.807, 2.05) is 18.2 Å². The first-order valence-corrected chi connectivity index (χ1v) is 6.63. The summed E-state index contributed by atoms with van der Waals surface area (Å²) >= 11 is 1.62. The number of rotatable bonds is 3. The second-order valence-corrected chi connectivity index (χ2v) is 4.76. The van der Waals surface area contributed by atoms with Crippen LogP contribution in [0, 0.1) is 5.38 Å². The van der Waals surface area contributed by atoms with E-state index in [0.29, 0.717) is 0 Å². The molecule has 0 fully saturated rings. The van der Waals surface area contributed by atoms with Crippen molar-refractivity contribution in [3.63, 3.8) is 0 Å². The number of anilines is 3. The summed E-state index contributed by atoms with van der Waals surface area (Å²) in [7, 11) is 0. The van der Waals surface area contributed by atoms with E-state index in [4.69, 9.17) is 0 Å². The van der Waals surface area contributed by atoms with Crippen molar-refractivity contribution in [2.24, 2.45) is 0 Å². The molecule has 0 aliphatic carbocycles. The number of para-hydroxylation sites is 2. The molecule has 0 saturated carbocycles. The molecule has 3 aromatic rings. The molecule has 2 aromatic carbocycles. The quantitative estimate of drug-likeness (QED) is 0.631. The number of nitrogens with zero attached hydrogens (tertiary/aromatic N) is 1. The van der Waals surface area contributed by atoms with Crippen LogP contribution >= 0.6 is 11.3 Å². The Kier molecular flexibility index (Phi) is 3.11. The molecule has 0 aliphatic heterocycles. The second-order valence-electron chi connectivity index (χ2n) is 3.90. The van der Waals surface area contributed by atoms with Gasteiger partial charge in [-0.05, 0) is 36.4 Å². The average Bonchev–Trinajstić information content (AvgIpc) is 2.95. The van der Waals surface area contributed by atoms with E-state index in [1.165, 1.54) is 16.4 Å². The molecular weight excluding hydrogens is 238 g/mol. The first kappa shape index (κ1) is 11.1. The zero-order valence-electron chi connectivity index (χ0n) is 9.78. The van der Waals surface area contributed by atoms with Gasteiger partial charge < -0.3 is 4.90 Å². The van der Waals surface area contributed by atoms with E-state index in [0.717, 1.165) is 0 Å². The van der Waals surface area contributed by atoms with Crippen molar-refractivity contribution in [3.05, 3.63) is 78.2 Å². The molecule has 0 bridgehead atoms. The van der Waals surface area contributed by atoms with Gasteiger partial charge >= 0.3 is 0 Å². The molecule has 0 aliphatic rings. The highest BCUT2D eigenvalue weighted by molar-refractivity contribution is 7.13. The Hall–Kier alpha value is -2.06. The van der Waals surface area contributed by atoms with Crippen LogP contribution in [-0.4, -0.2) is 0 Å². The molecule has 0 spiro atoms. The Balaban J connectivity index is 2.11. The Morgan fingerprint density at radius 1 is 0.722 bits per heavy atom. The van der Waals surface area contributed by atoms with E-state index >= 15 is 0 Å². The number of benzene rings is 2. The lowest BCUT2D eigenvalue weighted by Crippen LogP contribution is -2.07. The molecule has 0 atom stereocenters. The third-order valence-electron chi connectivity index (χ3n) is 2.71. The molecule has 0 N–H and O–H groups in total. The molecule has 0 saturated heterocycles. The highest BCUT2D eigenvalue weighted by Crippen LogP contribution is 2.36. The zero-order chi connectivity index (χ0) is 12.2. The van der Waals surface area contributed by atoms with Crippen molar-refractivity contribution >= 4 is 27.7 Å². The Morgan fingerprint density at radius 3 is 1.72 bits per heavy atom. The van der Waals surface area contributed by atoms with Crippen LogP contribution in [0.25, 0.3) is 0 Å². The van der Waals surface area contributed by atoms with Gasteiger partial charge in [0.1, 0.15) is 5.00 Å². The standard InChI is InChI=1S/C16H12NS/c1-3-8-14(9-4-1)17(16-12-7-13-18-16)15-10-5-2-6-11-15/h1-12H. The van der Waals surface area contributed by atoms with Crippen molar-refractivity contribution in [2.45, 2.75) is 0 Å². The minimum absolute atomic E-state index is 1.17. The third kappa shape index (κ3) is 2.15. The maximum Gasteiger partial charge on any atom is 0.101 e. The van der Waals surface area contributed by atoms with Crippen LogP contribution in [0.2, 0.25) is 0 Å². The summed E-state index contributed by atoms with van der Waals surface area (Å²) in [6, 6.07) is 24.8. The van der Waals surface area contributed by atoms with Crippen LogP contribution in [0.1, 0.15) is 0 Å². The van der Waals surface area contributed by atoms with Crippen LogP contribution in [0.3, 0.4) is 0 Å². The van der Waals surface area contributed by atoms with E-state index < -0.39 is 0 Å². The topological polar surface area (TPSA) is 3.24 Å². The van der Waals surface area contributed by atoms with Crippen molar-refractivity contribution in [1.82, 2.24) is 0 Å². The van der Waals surface area contributed by atoms with Crippen LogP contribution in [0.5, 0.6) is 0 Å². The Labute approximate surface area is 111 Å². The smallest absolute Gasteiger partial charge is 0.101 e. The SMILES string of the molecule is [c]1ccc(N(c2ccccc2)c2ccccc2)s1. The molecule has 1 aromatic heterocycles. The average molecular weight is 250 g/mol. The lowest BCUT2D eigenvalue weighted by molar-refractivity contribution is 1.32. The summed E-state index contributed by atoms with van der Waals surface area (Å²) < 4.78 is 0. The van der Waals surface area contributed by atoms with Gasteiger partial charge in [0.15, 0.2) is 0 Å². The van der Waals surface area contributed by atoms with E-state index in [1.54, 1.807) is 11.3 Å². The van der Waals surface area contributed by atoms with Gasteiger partial charge in [0.2, 0.25) is 0 Å². The van der Waals surface area contributed by atoms with Crippen LogP contribution in [0.15, 0.2) is 72.8 Å². The van der Waals surface area contributed by atoms with Crippen molar-refractivity contribution < 1.29 is 0 Å². The monoisotopic (exact) mass is 250 g/mol. The van der Waals surface area contributed by atoms with Crippen LogP contribution < -0.4 is 4.90 Å². The summed E-state index contributed by atoms with van der Waals surface area (Å²) in [5.41, 5.74) is 2.33. The third-order valence-corrected chi connectivity index (χ3v) is 3.49. The number of hydrogen-bond acceptors (Lipinski definition) is 2. The fourth-order valence-electron chi connectivity index (χ4n) is 1.91. The minimum Gasteiger partial charge on any atom is -0.302 e. The first-order chi connectivity index (χ1) is 8.95. The number of hydrogen-bond donors (Lipinski definition) is 0. The molecule has 1 radical (unpaired) electrons. The van der Waals surface area contributed by atoms with Crippen molar-refractivity contribution in [1.29, 1.82) is 0 Å². The second kappa shape index (κ2) is 5.07. The molecule has 0 unspecified atom stereocenters. The fourth-order valence-corrected chi connectivity index (χ4v) is 2.61. The summed E-state index contributed by atoms with van der Waals surface area (Å²) in [6.45, 7) is 0. The van der Waals surface area contributed by atoms with Gasteiger partial charge in [-0.3, -0.25) is 0 Å². The van der Waals surface area contributed by atoms with Crippen LogP contribution in [-0.2, 0) is 0 Å². The Morgan fingerprint density at radius 2 is 1.28 bits per heavy atom. The molecule has 18 heavy (non-hydrogen) atoms. The summed E-state index contributed by atoms with van der Waals surface area (Å²) in [6.07, 6.45) is 0. The van der Waals surface area contributed by atoms with Gasteiger partial charge in [0.25, 0.3) is 0 Å². The van der Waals surface area contributed by atoms with Gasteiger partial charge in [-0.2, -0.15) is 0 Å². The highest BCUT2D eigenvalue weighted by atomic mass is 32.1. The van der Waals surface area contributed by atoms with Crippen molar-refractivity contribution in [2.75, 3.05) is 4.90 Å². The predicted octanol–water partition coefficient (Wildman–Crippen LogP) is 5.02. The minimum atomic E-state index is 1.17. The molecular formula is C16H12NS. The van der Waals surface area contributed by atoms with E-state index in [2.05, 4.69) is 64.9 Å². The van der Waals surface area contributed by atoms with Gasteiger partial charge in [0.05, 0.1) is 0 Å². The zero-order valence-corrected chi connectivity index (χ0v) is 10.6. The van der Waals surface area contributed by atoms with Crippen LogP contribution in [0.4, 0.5) is 16.4 Å². The molecule has 0 amide bonds. The van der Waals surface area contributed by atoms with E-state index in [-0.39, 0.29) is 0 Å². The van der Waals surface area contributed by atoms with Crippen molar-refractivity contribution in [3.8, 4) is 0 Å². The summed E-state index contributed by atoms with van der Waals surface area (Å²) in [4.78, 5) is 2.24. The lowest BCUT2D eigenvalue weighted by Gasteiger charge is -2.23. The van der Waals surface area contributed by atoms with E-state index in [9.17, 15) is 0 Å². The largest absolute Gasteiger partial charge is 0.302 e. The molecule has 1 heterocycles. The maximum atomic E-state index is 3.15. The van der Waals surface area contributed by atoms with Gasteiger partial charge in [-0.1, -0.05) is 36.4 Å². The highest BCUT2D eigenvalue weighted by Gasteiger charge is 2.11. The predicted molar refractivity (Wildman–Crippen MR) is 77.8 cm³/mol. The fraction of sp³-hybridized carbons (Fsp3) is 0. The van der Waals surface area contributed by atoms with Gasteiger partial charge in [-0.15, -0.1) is 11.3 Å². The molecule has 1 nitrogen and oxygen atoms in total. The normalized spacial score (nSPS) is 10.2. The molecule has 3 rings (SSSR count).